The number of methoxy groups -OCH3 is 1. The number of amides is 2. The largest absolute Gasteiger partial charge is 0.497 e. The van der Waals surface area contributed by atoms with Gasteiger partial charge in [0.1, 0.15) is 5.75 Å². The van der Waals surface area contributed by atoms with Crippen molar-refractivity contribution in [3.63, 3.8) is 0 Å². The van der Waals surface area contributed by atoms with Gasteiger partial charge in [0.15, 0.2) is 0 Å². The minimum atomic E-state index is -0.527. The van der Waals surface area contributed by atoms with Crippen molar-refractivity contribution in [2.45, 2.75) is 71.4 Å². The molecular weight excluding hydrogens is 416 g/mol. The van der Waals surface area contributed by atoms with Gasteiger partial charge in [-0.2, -0.15) is 0 Å². The molecule has 2 amide bonds. The monoisotopic (exact) mass is 456 g/mol. The number of ether oxygens (including phenoxy) is 1. The Morgan fingerprint density at radius 3 is 2.42 bits per heavy atom. The number of hydrogen-bond donors (Lipinski definition) is 2. The number of benzene rings is 1. The van der Waals surface area contributed by atoms with Crippen LogP contribution >= 0.6 is 0 Å². The molecule has 0 spiro atoms. The third kappa shape index (κ3) is 4.64. The van der Waals surface area contributed by atoms with Gasteiger partial charge in [0.05, 0.1) is 13.2 Å². The van der Waals surface area contributed by atoms with Crippen molar-refractivity contribution in [3.8, 4) is 5.75 Å². The maximum atomic E-state index is 13.1. The van der Waals surface area contributed by atoms with Crippen molar-refractivity contribution in [1.82, 2.24) is 10.2 Å². The van der Waals surface area contributed by atoms with Crippen LogP contribution in [-0.4, -0.2) is 54.2 Å². The predicted octanol–water partition coefficient (Wildman–Crippen LogP) is 3.88. The van der Waals surface area contributed by atoms with E-state index >= 15 is 0 Å². The van der Waals surface area contributed by atoms with Crippen LogP contribution in [0.2, 0.25) is 0 Å². The molecule has 1 saturated heterocycles. The number of aliphatic hydroxyl groups excluding tert-OH is 1. The Balaban J connectivity index is 1.46. The zero-order chi connectivity index (χ0) is 23.8. The summed E-state index contributed by atoms with van der Waals surface area (Å²) >= 11 is 0. The van der Waals surface area contributed by atoms with E-state index in [1.165, 1.54) is 0 Å². The summed E-state index contributed by atoms with van der Waals surface area (Å²) in [6.07, 6.45) is 5.45. The molecule has 0 bridgehead atoms. The fraction of sp³-hybridized carbons (Fsp3) is 0.704. The van der Waals surface area contributed by atoms with E-state index in [4.69, 9.17) is 4.74 Å². The topological polar surface area (TPSA) is 78.9 Å². The van der Waals surface area contributed by atoms with E-state index in [-0.39, 0.29) is 46.9 Å². The van der Waals surface area contributed by atoms with Crippen LogP contribution in [0.15, 0.2) is 24.3 Å². The highest BCUT2D eigenvalue weighted by atomic mass is 16.5. The second kappa shape index (κ2) is 9.65. The summed E-state index contributed by atoms with van der Waals surface area (Å²) in [5, 5.41) is 14.8. The Morgan fingerprint density at radius 1 is 1.15 bits per heavy atom. The number of carbonyl (C=O) groups excluding carboxylic acids is 2. The molecular formula is C27H40N2O4. The lowest BCUT2D eigenvalue weighted by atomic mass is 9.51. The van der Waals surface area contributed by atoms with Gasteiger partial charge in [-0.25, -0.2) is 0 Å². The molecule has 1 aromatic carbocycles. The highest BCUT2D eigenvalue weighted by Crippen LogP contribution is 2.55. The fourth-order valence-corrected chi connectivity index (χ4v) is 6.90. The molecule has 0 aromatic heterocycles. The highest BCUT2D eigenvalue weighted by Gasteiger charge is 2.54. The van der Waals surface area contributed by atoms with Gasteiger partial charge in [0.2, 0.25) is 5.91 Å². The molecule has 33 heavy (non-hydrogen) atoms. The molecule has 6 heteroatoms. The van der Waals surface area contributed by atoms with Gasteiger partial charge >= 0.3 is 0 Å². The second-order valence-electron chi connectivity index (χ2n) is 10.9. The smallest absolute Gasteiger partial charge is 0.251 e. The lowest BCUT2D eigenvalue weighted by molar-refractivity contribution is -0.149. The van der Waals surface area contributed by atoms with Crippen LogP contribution in [0.4, 0.5) is 0 Å². The summed E-state index contributed by atoms with van der Waals surface area (Å²) in [6.45, 7) is 8.17. The Morgan fingerprint density at radius 2 is 1.79 bits per heavy atom. The highest BCUT2D eigenvalue weighted by molar-refractivity contribution is 5.94. The third-order valence-electron chi connectivity index (χ3n) is 9.01. The van der Waals surface area contributed by atoms with E-state index in [0.29, 0.717) is 5.56 Å². The van der Waals surface area contributed by atoms with Gasteiger partial charge in [-0.05, 0) is 86.0 Å². The zero-order valence-corrected chi connectivity index (χ0v) is 20.5. The van der Waals surface area contributed by atoms with Crippen molar-refractivity contribution in [2.75, 3.05) is 20.2 Å². The van der Waals surface area contributed by atoms with Crippen molar-refractivity contribution in [3.05, 3.63) is 29.8 Å². The van der Waals surface area contributed by atoms with Crippen molar-refractivity contribution >= 4 is 11.8 Å². The van der Waals surface area contributed by atoms with E-state index in [9.17, 15) is 14.7 Å². The summed E-state index contributed by atoms with van der Waals surface area (Å²) in [5.41, 5.74) is 0.663. The molecule has 0 radical (unpaired) electrons. The second-order valence-corrected chi connectivity index (χ2v) is 10.9. The molecule has 7 atom stereocenters. The van der Waals surface area contributed by atoms with Crippen LogP contribution in [0.3, 0.4) is 0 Å². The summed E-state index contributed by atoms with van der Waals surface area (Å²) in [5.74, 6) is 0.865. The average molecular weight is 457 g/mol. The molecule has 182 valence electrons. The lowest BCUT2D eigenvalue weighted by Gasteiger charge is -2.56. The Hall–Kier alpha value is -2.08. The van der Waals surface area contributed by atoms with Gasteiger partial charge in [-0.1, -0.05) is 20.8 Å². The summed E-state index contributed by atoms with van der Waals surface area (Å²) in [6, 6.07) is 7.16. The lowest BCUT2D eigenvalue weighted by Crippen LogP contribution is -2.58. The van der Waals surface area contributed by atoms with Crippen LogP contribution in [0, 0.1) is 29.1 Å². The first-order valence-electron chi connectivity index (χ1n) is 12.7. The Bertz CT molecular complexity index is 850. The number of rotatable bonds is 5. The van der Waals surface area contributed by atoms with Crippen LogP contribution in [0.5, 0.6) is 5.75 Å². The van der Waals surface area contributed by atoms with E-state index in [0.717, 1.165) is 57.4 Å². The molecule has 1 heterocycles. The Labute approximate surface area is 198 Å². The van der Waals surface area contributed by atoms with E-state index in [1.54, 1.807) is 31.4 Å². The molecule has 2 saturated carbocycles. The first-order chi connectivity index (χ1) is 15.7. The third-order valence-corrected chi connectivity index (χ3v) is 9.01. The number of carbonyl (C=O) groups is 2. The molecule has 1 aromatic rings. The molecule has 1 aliphatic heterocycles. The van der Waals surface area contributed by atoms with Crippen LogP contribution < -0.4 is 10.1 Å². The minimum absolute atomic E-state index is 0.00988. The van der Waals surface area contributed by atoms with Crippen molar-refractivity contribution in [2.24, 2.45) is 29.1 Å². The molecule has 3 fully saturated rings. The number of nitrogens with zero attached hydrogens (tertiary/aromatic N) is 1. The number of aliphatic hydroxyl groups is 1. The van der Waals surface area contributed by atoms with E-state index in [2.05, 4.69) is 19.2 Å². The Kier molecular flexibility index (Phi) is 7.04. The molecule has 2 N–H and O–H groups in total. The molecule has 4 rings (SSSR count). The summed E-state index contributed by atoms with van der Waals surface area (Å²) in [4.78, 5) is 28.0. The molecule has 6 nitrogen and oxygen atoms in total. The van der Waals surface area contributed by atoms with E-state index in [1.807, 2.05) is 11.8 Å². The van der Waals surface area contributed by atoms with Gasteiger partial charge in [-0.15, -0.1) is 0 Å². The van der Waals surface area contributed by atoms with Crippen molar-refractivity contribution in [1.29, 1.82) is 0 Å². The fourth-order valence-electron chi connectivity index (χ4n) is 6.90. The standard InChI is InChI=1S/C27H40N2O4/c1-17(26(32)29-15-5-6-16-29)21-11-13-27(3)14-12-22(18(2)23(27)24(21)30)28-25(31)19-7-9-20(33-4)10-8-19/h7-10,17-18,21-24,30H,5-6,11-16H2,1-4H3,(H,28,31)/t17-,18+,21+,22-,23+,24-,27-/m0/s1. The number of fused-ring (bicyclic) bond motifs is 1. The maximum absolute atomic E-state index is 13.1. The average Bonchev–Trinajstić information content (AvgIpc) is 3.35. The van der Waals surface area contributed by atoms with Crippen LogP contribution in [0.1, 0.15) is 69.7 Å². The summed E-state index contributed by atoms with van der Waals surface area (Å²) in [7, 11) is 1.61. The quantitative estimate of drug-likeness (QED) is 0.705. The first kappa shape index (κ1) is 24.1. The van der Waals surface area contributed by atoms with Crippen LogP contribution in [0.25, 0.3) is 0 Å². The van der Waals surface area contributed by atoms with Crippen molar-refractivity contribution < 1.29 is 19.4 Å². The van der Waals surface area contributed by atoms with Gasteiger partial charge in [0.25, 0.3) is 5.91 Å². The maximum Gasteiger partial charge on any atom is 0.251 e. The normalized spacial score (nSPS) is 34.9. The molecule has 3 aliphatic rings. The van der Waals surface area contributed by atoms with Gasteiger partial charge < -0.3 is 20.1 Å². The molecule has 0 unspecified atom stereocenters. The minimum Gasteiger partial charge on any atom is -0.497 e. The number of nitrogens with one attached hydrogen (secondary N) is 1. The van der Waals surface area contributed by atoms with E-state index < -0.39 is 6.10 Å². The SMILES string of the molecule is COc1ccc(C(=O)N[C@H]2CC[C@]3(C)CC[C@H]([C@H](C)C(=O)N4CCCC4)[C@H](O)[C@H]3[C@@H]2C)cc1. The predicted molar refractivity (Wildman–Crippen MR) is 128 cm³/mol. The number of likely N-dealkylation sites (tertiary alicyclic amines) is 1. The van der Waals surface area contributed by atoms with Crippen LogP contribution in [-0.2, 0) is 4.79 Å². The number of hydrogen-bond acceptors (Lipinski definition) is 4. The van der Waals surface area contributed by atoms with Gasteiger partial charge in [-0.3, -0.25) is 9.59 Å². The van der Waals surface area contributed by atoms with Gasteiger partial charge in [0, 0.05) is 30.6 Å². The molecule has 2 aliphatic carbocycles. The zero-order valence-electron chi connectivity index (χ0n) is 20.5. The first-order valence-corrected chi connectivity index (χ1v) is 12.7. The summed E-state index contributed by atoms with van der Waals surface area (Å²) < 4.78 is 5.19.